The number of nitrogens with zero attached hydrogens (tertiary/aromatic N) is 4. The van der Waals surface area contributed by atoms with Crippen molar-refractivity contribution >= 4 is 45.7 Å². The highest BCUT2D eigenvalue weighted by Gasteiger charge is 2.39. The third-order valence-electron chi connectivity index (χ3n) is 11.9. The minimum absolute atomic E-state index is 0.127. The summed E-state index contributed by atoms with van der Waals surface area (Å²) >= 11 is 0. The maximum absolute atomic E-state index is 14.3. The van der Waals surface area contributed by atoms with E-state index in [2.05, 4.69) is 44.9 Å². The van der Waals surface area contributed by atoms with Gasteiger partial charge in [0.05, 0.1) is 42.0 Å². The second-order valence-corrected chi connectivity index (χ2v) is 17.9. The van der Waals surface area contributed by atoms with Crippen LogP contribution >= 0.6 is 0 Å². The van der Waals surface area contributed by atoms with Gasteiger partial charge in [0, 0.05) is 18.7 Å². The number of hydrogen-bond donors (Lipinski definition) is 4. The molecule has 4 N–H and O–H groups in total. The fraction of sp³-hybridized carbons (Fsp3) is 0.367. The Morgan fingerprint density at radius 2 is 1.38 bits per heavy atom. The van der Waals surface area contributed by atoms with E-state index < -0.39 is 35.9 Å². The predicted molar refractivity (Wildman–Crippen MR) is 243 cm³/mol. The van der Waals surface area contributed by atoms with Gasteiger partial charge < -0.3 is 39.9 Å². The molecule has 15 nitrogen and oxygen atoms in total. The monoisotopic (exact) mass is 866 g/mol. The molecular formula is C49H54N8O7. The summed E-state index contributed by atoms with van der Waals surface area (Å²) in [5.41, 5.74) is 3.66. The van der Waals surface area contributed by atoms with Gasteiger partial charge in [0.2, 0.25) is 5.91 Å². The SMILES string of the molecule is COC(=O)N[C@H](C(=O)N1CCC[C@H]1c1ncc(-c2ccc3cc(-c4ccc5c(=O)[nH]c([C@@H]6CCCN6C(=O)[C@H](NC(=O)OC(C)(C)C)c6ccccc6)nc5c4)ccc3c2)[nH]1)C(C)C. The molecule has 2 fully saturated rings. The van der Waals surface area contributed by atoms with E-state index in [-0.39, 0.29) is 29.3 Å². The van der Waals surface area contributed by atoms with Crippen molar-refractivity contribution in [2.24, 2.45) is 5.92 Å². The maximum Gasteiger partial charge on any atom is 0.408 e. The molecule has 6 aromatic rings. The van der Waals surface area contributed by atoms with Gasteiger partial charge in [-0.3, -0.25) is 14.4 Å². The minimum atomic E-state index is -1.00. The number of carbonyl (C=O) groups is 4. The first-order valence-corrected chi connectivity index (χ1v) is 21.8. The Bertz CT molecular complexity index is 2780. The number of methoxy groups -OCH3 is 1. The van der Waals surface area contributed by atoms with Crippen molar-refractivity contribution in [1.29, 1.82) is 0 Å². The van der Waals surface area contributed by atoms with Gasteiger partial charge in [-0.05, 0) is 104 Å². The predicted octanol–water partition coefficient (Wildman–Crippen LogP) is 8.11. The molecule has 0 saturated carbocycles. The Hall–Kier alpha value is -7.03. The van der Waals surface area contributed by atoms with Crippen LogP contribution in [0.3, 0.4) is 0 Å². The normalized spacial score (nSPS) is 17.4. The molecule has 2 saturated heterocycles. The number of imidazole rings is 1. The van der Waals surface area contributed by atoms with Crippen molar-refractivity contribution in [3.8, 4) is 22.4 Å². The summed E-state index contributed by atoms with van der Waals surface area (Å²) in [6, 6.07) is 24.5. The van der Waals surface area contributed by atoms with Crippen LogP contribution < -0.4 is 16.2 Å². The molecule has 4 heterocycles. The molecule has 332 valence electrons. The average molecular weight is 867 g/mol. The molecule has 0 unspecified atom stereocenters. The van der Waals surface area contributed by atoms with Crippen LogP contribution in [0.4, 0.5) is 9.59 Å². The van der Waals surface area contributed by atoms with Gasteiger partial charge in [-0.25, -0.2) is 19.6 Å². The molecule has 4 atom stereocenters. The number of nitrogens with one attached hydrogen (secondary N) is 4. The van der Waals surface area contributed by atoms with E-state index >= 15 is 0 Å². The molecule has 64 heavy (non-hydrogen) atoms. The molecule has 2 aliphatic heterocycles. The number of hydrogen-bond acceptors (Lipinski definition) is 9. The molecule has 0 bridgehead atoms. The summed E-state index contributed by atoms with van der Waals surface area (Å²) < 4.78 is 10.3. The number of aromatic amines is 2. The number of rotatable bonds is 10. The zero-order chi connectivity index (χ0) is 45.3. The van der Waals surface area contributed by atoms with Crippen LogP contribution in [0.2, 0.25) is 0 Å². The number of ether oxygens (including phenoxy) is 2. The van der Waals surface area contributed by atoms with Crippen molar-refractivity contribution < 1.29 is 28.7 Å². The molecule has 2 aliphatic rings. The minimum Gasteiger partial charge on any atom is -0.453 e. The van der Waals surface area contributed by atoms with Crippen molar-refractivity contribution in [3.05, 3.63) is 119 Å². The van der Waals surface area contributed by atoms with Crippen LogP contribution in [0.25, 0.3) is 44.1 Å². The van der Waals surface area contributed by atoms with E-state index in [0.29, 0.717) is 54.0 Å². The fourth-order valence-corrected chi connectivity index (χ4v) is 8.77. The third-order valence-corrected chi connectivity index (χ3v) is 11.9. The van der Waals surface area contributed by atoms with Crippen LogP contribution in [-0.2, 0) is 19.1 Å². The van der Waals surface area contributed by atoms with Crippen molar-refractivity contribution in [2.75, 3.05) is 20.2 Å². The van der Waals surface area contributed by atoms with Gasteiger partial charge in [-0.1, -0.05) is 74.5 Å². The number of H-pyrrole nitrogens is 2. The lowest BCUT2D eigenvalue weighted by Crippen LogP contribution is -2.51. The average Bonchev–Trinajstić information content (AvgIpc) is 4.08. The van der Waals surface area contributed by atoms with Crippen LogP contribution in [-0.4, -0.2) is 85.6 Å². The number of fused-ring (bicyclic) bond motifs is 2. The van der Waals surface area contributed by atoms with Gasteiger partial charge in [-0.2, -0.15) is 0 Å². The summed E-state index contributed by atoms with van der Waals surface area (Å²) in [6.45, 7) is 10.1. The number of amides is 4. The van der Waals surface area contributed by atoms with E-state index in [0.717, 1.165) is 46.0 Å². The van der Waals surface area contributed by atoms with E-state index in [1.807, 2.05) is 56.3 Å². The molecule has 2 aromatic heterocycles. The van der Waals surface area contributed by atoms with E-state index in [4.69, 9.17) is 19.4 Å². The number of aromatic nitrogens is 4. The molecule has 15 heteroatoms. The molecule has 4 aromatic carbocycles. The van der Waals surface area contributed by atoms with Crippen LogP contribution in [0.15, 0.2) is 95.9 Å². The number of alkyl carbamates (subject to hydrolysis) is 2. The largest absolute Gasteiger partial charge is 0.453 e. The first kappa shape index (κ1) is 43.6. The highest BCUT2D eigenvalue weighted by atomic mass is 16.6. The van der Waals surface area contributed by atoms with Gasteiger partial charge in [0.25, 0.3) is 11.5 Å². The maximum atomic E-state index is 14.3. The summed E-state index contributed by atoms with van der Waals surface area (Å²) in [5, 5.41) is 7.94. The zero-order valence-corrected chi connectivity index (χ0v) is 36.9. The Morgan fingerprint density at radius 3 is 2.05 bits per heavy atom. The Morgan fingerprint density at radius 1 is 0.750 bits per heavy atom. The van der Waals surface area contributed by atoms with Gasteiger partial charge >= 0.3 is 12.2 Å². The van der Waals surface area contributed by atoms with Crippen LogP contribution in [0.1, 0.15) is 95.6 Å². The first-order chi connectivity index (χ1) is 30.7. The van der Waals surface area contributed by atoms with Crippen molar-refractivity contribution in [1.82, 2.24) is 40.4 Å². The number of carbonyl (C=O) groups excluding carboxylic acids is 4. The van der Waals surface area contributed by atoms with E-state index in [1.165, 1.54) is 7.11 Å². The fourth-order valence-electron chi connectivity index (χ4n) is 8.77. The van der Waals surface area contributed by atoms with E-state index in [1.54, 1.807) is 55.0 Å². The zero-order valence-electron chi connectivity index (χ0n) is 36.9. The second-order valence-electron chi connectivity index (χ2n) is 17.9. The Balaban J connectivity index is 1.02. The topological polar surface area (TPSA) is 192 Å². The Kier molecular flexibility index (Phi) is 12.3. The van der Waals surface area contributed by atoms with Gasteiger partial charge in [0.1, 0.15) is 29.3 Å². The standard InChI is InChI=1S/C49H54N8O7/c1-28(2)40(53-47(61)63-6)45(59)56-22-10-14-38(56)42-50-27-37(52-42)34-19-18-30-24-31(16-17-32(30)25-34)33-20-21-35-36(26-33)51-43(55-44(35)58)39-15-11-23-57(39)46(60)41(29-12-8-7-9-13-29)54-48(62)64-49(3,4)5/h7-9,12-13,16-21,24-28,38-41H,10-11,14-15,22-23H2,1-6H3,(H,50,52)(H,53,61)(H,54,62)(H,51,55,58)/t38-,39-,40-,41+/m0/s1. The molecule has 0 aliphatic carbocycles. The molecule has 0 radical (unpaired) electrons. The molecule has 8 rings (SSSR count). The summed E-state index contributed by atoms with van der Waals surface area (Å²) in [5.74, 6) is 0.481. The van der Waals surface area contributed by atoms with Crippen molar-refractivity contribution in [2.45, 2.75) is 90.1 Å². The highest BCUT2D eigenvalue weighted by molar-refractivity contribution is 5.92. The lowest BCUT2D eigenvalue weighted by Gasteiger charge is -2.30. The number of benzene rings is 4. The quantitative estimate of drug-likeness (QED) is 0.105. The first-order valence-electron chi connectivity index (χ1n) is 21.8. The molecule has 0 spiro atoms. The summed E-state index contributed by atoms with van der Waals surface area (Å²) in [7, 11) is 1.28. The summed E-state index contributed by atoms with van der Waals surface area (Å²) in [6.07, 6.45) is 3.32. The summed E-state index contributed by atoms with van der Waals surface area (Å²) in [4.78, 5) is 86.0. The van der Waals surface area contributed by atoms with Crippen LogP contribution in [0.5, 0.6) is 0 Å². The number of likely N-dealkylation sites (tertiary alicyclic amines) is 2. The van der Waals surface area contributed by atoms with Crippen molar-refractivity contribution in [3.63, 3.8) is 0 Å². The smallest absolute Gasteiger partial charge is 0.408 e. The van der Waals surface area contributed by atoms with Crippen LogP contribution in [0, 0.1) is 5.92 Å². The van der Waals surface area contributed by atoms with Gasteiger partial charge in [0.15, 0.2) is 0 Å². The molecule has 4 amide bonds. The van der Waals surface area contributed by atoms with Gasteiger partial charge in [-0.15, -0.1) is 0 Å². The van der Waals surface area contributed by atoms with E-state index in [9.17, 15) is 24.0 Å². The third kappa shape index (κ3) is 9.19. The highest BCUT2D eigenvalue weighted by Crippen LogP contribution is 2.36. The second kappa shape index (κ2) is 18.0. The lowest BCUT2D eigenvalue weighted by molar-refractivity contribution is -0.136. The lowest BCUT2D eigenvalue weighted by atomic mass is 9.98. The molecular weight excluding hydrogens is 813 g/mol. The Labute approximate surface area is 371 Å².